The number of rotatable bonds is 8. The zero-order valence-electron chi connectivity index (χ0n) is 21.3. The van der Waals surface area contributed by atoms with Gasteiger partial charge in [-0.3, -0.25) is 14.4 Å². The number of nitrogens with one attached hydrogen (secondary N) is 1. The number of hydrogen-bond donors (Lipinski definition) is 1. The highest BCUT2D eigenvalue weighted by atomic mass is 16.5. The summed E-state index contributed by atoms with van der Waals surface area (Å²) in [6.07, 6.45) is 0. The summed E-state index contributed by atoms with van der Waals surface area (Å²) in [5, 5.41) is 3.04. The van der Waals surface area contributed by atoms with Crippen LogP contribution in [0.2, 0.25) is 0 Å². The Kier molecular flexibility index (Phi) is 8.18. The molecule has 0 aliphatic rings. The van der Waals surface area contributed by atoms with E-state index in [9.17, 15) is 14.4 Å². The van der Waals surface area contributed by atoms with Gasteiger partial charge in [0.2, 0.25) is 0 Å². The highest BCUT2D eigenvalue weighted by Crippen LogP contribution is 2.37. The van der Waals surface area contributed by atoms with Gasteiger partial charge in [-0.15, -0.1) is 0 Å². The van der Waals surface area contributed by atoms with Crippen LogP contribution in [0.5, 0.6) is 17.2 Å². The number of anilines is 1. The Bertz CT molecular complexity index is 1380. The van der Waals surface area contributed by atoms with Crippen LogP contribution in [0.3, 0.4) is 0 Å². The molecule has 4 aromatic rings. The van der Waals surface area contributed by atoms with Crippen molar-refractivity contribution in [3.63, 3.8) is 0 Å². The molecule has 0 fully saturated rings. The lowest BCUT2D eigenvalue weighted by Crippen LogP contribution is -2.15. The van der Waals surface area contributed by atoms with Gasteiger partial charge in [-0.2, -0.15) is 0 Å². The first-order valence-electron chi connectivity index (χ1n) is 11.9. The smallest absolute Gasteiger partial charge is 0.308 e. The van der Waals surface area contributed by atoms with E-state index >= 15 is 0 Å². The summed E-state index contributed by atoms with van der Waals surface area (Å²) >= 11 is 0. The fraction of sp³-hybridized carbons (Fsp3) is 0.129. The molecule has 0 heterocycles. The van der Waals surface area contributed by atoms with Crippen LogP contribution in [-0.4, -0.2) is 25.0 Å². The topological polar surface area (TPSA) is 90.9 Å². The van der Waals surface area contributed by atoms with Crippen LogP contribution in [0.1, 0.15) is 46.8 Å². The number of esters is 2. The maximum absolute atomic E-state index is 13.2. The summed E-state index contributed by atoms with van der Waals surface area (Å²) < 4.78 is 15.7. The summed E-state index contributed by atoms with van der Waals surface area (Å²) in [5.41, 5.74) is 3.77. The molecule has 192 valence electrons. The van der Waals surface area contributed by atoms with Crippen LogP contribution in [0.4, 0.5) is 5.69 Å². The summed E-state index contributed by atoms with van der Waals surface area (Å²) in [4.78, 5) is 35.9. The van der Waals surface area contributed by atoms with Crippen molar-refractivity contribution in [3.05, 3.63) is 119 Å². The summed E-state index contributed by atoms with van der Waals surface area (Å²) in [7, 11) is 1.55. The van der Waals surface area contributed by atoms with Crippen molar-refractivity contribution in [2.75, 3.05) is 12.4 Å². The Morgan fingerprint density at radius 3 is 1.74 bits per heavy atom. The van der Waals surface area contributed by atoms with E-state index in [4.69, 9.17) is 14.2 Å². The predicted octanol–water partition coefficient (Wildman–Crippen LogP) is 5.98. The van der Waals surface area contributed by atoms with Gasteiger partial charge in [0.05, 0.1) is 7.11 Å². The van der Waals surface area contributed by atoms with E-state index in [1.807, 2.05) is 48.5 Å². The number of carbonyl (C=O) groups excluding carboxylic acids is 3. The molecule has 0 saturated carbocycles. The molecule has 0 aromatic heterocycles. The van der Waals surface area contributed by atoms with Gasteiger partial charge in [0.15, 0.2) is 0 Å². The second-order valence-electron chi connectivity index (χ2n) is 8.53. The summed E-state index contributed by atoms with van der Waals surface area (Å²) in [5.74, 6) is 0.0844. The quantitative estimate of drug-likeness (QED) is 0.179. The van der Waals surface area contributed by atoms with Crippen molar-refractivity contribution in [1.29, 1.82) is 0 Å². The Morgan fingerprint density at radius 2 is 1.21 bits per heavy atom. The second kappa shape index (κ2) is 11.9. The average Bonchev–Trinajstić information content (AvgIpc) is 2.91. The van der Waals surface area contributed by atoms with Crippen LogP contribution >= 0.6 is 0 Å². The van der Waals surface area contributed by atoms with Crippen molar-refractivity contribution < 1.29 is 28.6 Å². The molecule has 0 aliphatic carbocycles. The SMILES string of the molecule is COc1cccc(C(=O)Nc2ccccc2C(c2ccc(OC(C)=O)cc2)c2ccc(OC(C)=O)cc2)c1. The molecule has 1 amide bonds. The number of methoxy groups -OCH3 is 1. The minimum atomic E-state index is -0.402. The van der Waals surface area contributed by atoms with Gasteiger partial charge >= 0.3 is 11.9 Å². The highest BCUT2D eigenvalue weighted by Gasteiger charge is 2.22. The third-order valence-electron chi connectivity index (χ3n) is 5.80. The zero-order valence-corrected chi connectivity index (χ0v) is 21.3. The Labute approximate surface area is 221 Å². The first kappa shape index (κ1) is 26.2. The van der Waals surface area contributed by atoms with Crippen LogP contribution < -0.4 is 19.5 Å². The Morgan fingerprint density at radius 1 is 0.658 bits per heavy atom. The molecule has 0 aliphatic heterocycles. The van der Waals surface area contributed by atoms with Gasteiger partial charge < -0.3 is 19.5 Å². The van der Waals surface area contributed by atoms with Crippen LogP contribution in [0.25, 0.3) is 0 Å². The number of benzene rings is 4. The van der Waals surface area contributed by atoms with Crippen molar-refractivity contribution in [2.45, 2.75) is 19.8 Å². The van der Waals surface area contributed by atoms with Crippen molar-refractivity contribution in [3.8, 4) is 17.2 Å². The van der Waals surface area contributed by atoms with Gasteiger partial charge in [0, 0.05) is 31.0 Å². The lowest BCUT2D eigenvalue weighted by molar-refractivity contribution is -0.132. The molecule has 1 N–H and O–H groups in total. The highest BCUT2D eigenvalue weighted by molar-refractivity contribution is 6.05. The van der Waals surface area contributed by atoms with Gasteiger partial charge in [0.1, 0.15) is 17.2 Å². The fourth-order valence-corrected chi connectivity index (χ4v) is 4.16. The number of ether oxygens (including phenoxy) is 3. The largest absolute Gasteiger partial charge is 0.497 e. The molecular weight excluding hydrogens is 482 g/mol. The van der Waals surface area contributed by atoms with E-state index < -0.39 is 11.9 Å². The summed E-state index contributed by atoms with van der Waals surface area (Å²) in [6, 6.07) is 28.9. The first-order valence-corrected chi connectivity index (χ1v) is 11.9. The fourth-order valence-electron chi connectivity index (χ4n) is 4.16. The molecule has 0 spiro atoms. The molecule has 0 atom stereocenters. The van der Waals surface area contributed by atoms with Gasteiger partial charge in [-0.25, -0.2) is 0 Å². The van der Waals surface area contributed by atoms with Gasteiger partial charge in [-0.05, 0) is 65.2 Å². The molecule has 38 heavy (non-hydrogen) atoms. The Hall–Kier alpha value is -4.91. The molecule has 0 unspecified atom stereocenters. The molecule has 4 rings (SSSR count). The number of hydrogen-bond acceptors (Lipinski definition) is 6. The number of amides is 1. The Balaban J connectivity index is 1.75. The zero-order chi connectivity index (χ0) is 27.1. The third kappa shape index (κ3) is 6.44. The van der Waals surface area contributed by atoms with Crippen molar-refractivity contribution >= 4 is 23.5 Å². The van der Waals surface area contributed by atoms with Crippen molar-refractivity contribution in [2.24, 2.45) is 0 Å². The lowest BCUT2D eigenvalue weighted by Gasteiger charge is -2.23. The first-order chi connectivity index (χ1) is 18.3. The molecule has 4 aromatic carbocycles. The average molecular weight is 510 g/mol. The number of para-hydroxylation sites is 1. The van der Waals surface area contributed by atoms with Crippen LogP contribution in [0.15, 0.2) is 97.1 Å². The molecule has 7 heteroatoms. The molecular formula is C31H27NO6. The maximum Gasteiger partial charge on any atom is 0.308 e. The minimum Gasteiger partial charge on any atom is -0.497 e. The summed E-state index contributed by atoms with van der Waals surface area (Å²) in [6.45, 7) is 2.70. The normalized spacial score (nSPS) is 10.5. The maximum atomic E-state index is 13.2. The monoisotopic (exact) mass is 509 g/mol. The number of carbonyl (C=O) groups is 3. The second-order valence-corrected chi connectivity index (χ2v) is 8.53. The lowest BCUT2D eigenvalue weighted by atomic mass is 9.84. The van der Waals surface area contributed by atoms with Gasteiger partial charge in [0.25, 0.3) is 5.91 Å². The van der Waals surface area contributed by atoms with E-state index in [1.54, 1.807) is 55.6 Å². The third-order valence-corrected chi connectivity index (χ3v) is 5.80. The van der Waals surface area contributed by atoms with E-state index in [-0.39, 0.29) is 11.8 Å². The van der Waals surface area contributed by atoms with E-state index in [2.05, 4.69) is 5.32 Å². The van der Waals surface area contributed by atoms with E-state index in [0.717, 1.165) is 16.7 Å². The molecule has 0 saturated heterocycles. The van der Waals surface area contributed by atoms with Crippen LogP contribution in [-0.2, 0) is 9.59 Å². The van der Waals surface area contributed by atoms with Gasteiger partial charge in [-0.1, -0.05) is 48.5 Å². The standard InChI is InChI=1S/C31H27NO6/c1-20(33)37-25-15-11-22(12-16-25)30(23-13-17-26(18-14-23)38-21(2)34)28-9-4-5-10-29(28)32-31(35)24-7-6-8-27(19-24)36-3/h4-19,30H,1-3H3,(H,32,35). The molecule has 7 nitrogen and oxygen atoms in total. The van der Waals surface area contributed by atoms with Crippen molar-refractivity contribution in [1.82, 2.24) is 0 Å². The van der Waals surface area contributed by atoms with E-state index in [1.165, 1.54) is 13.8 Å². The predicted molar refractivity (Wildman–Crippen MR) is 144 cm³/mol. The molecule has 0 bridgehead atoms. The van der Waals surface area contributed by atoms with Crippen LogP contribution in [0, 0.1) is 0 Å². The molecule has 0 radical (unpaired) electrons. The minimum absolute atomic E-state index is 0.273. The van der Waals surface area contributed by atoms with E-state index in [0.29, 0.717) is 28.5 Å².